The Morgan fingerprint density at radius 2 is 1.96 bits per heavy atom. The van der Waals surface area contributed by atoms with Gasteiger partial charge in [-0.1, -0.05) is 12.1 Å². The second-order valence-electron chi connectivity index (χ2n) is 5.48. The van der Waals surface area contributed by atoms with Gasteiger partial charge >= 0.3 is 6.18 Å². The zero-order valence-corrected chi connectivity index (χ0v) is 14.8. The van der Waals surface area contributed by atoms with Crippen molar-refractivity contribution in [3.8, 4) is 11.3 Å². The molecule has 0 bridgehead atoms. The van der Waals surface area contributed by atoms with Gasteiger partial charge in [0.25, 0.3) is 0 Å². The third-order valence-corrected chi connectivity index (χ3v) is 4.50. The summed E-state index contributed by atoms with van der Waals surface area (Å²) in [5.41, 5.74) is 6.86. The number of halogens is 3. The molecular formula is C16H17F3N4O2S. The van der Waals surface area contributed by atoms with Crippen molar-refractivity contribution in [3.05, 3.63) is 42.1 Å². The van der Waals surface area contributed by atoms with Crippen molar-refractivity contribution in [1.29, 1.82) is 0 Å². The second-order valence-corrected chi connectivity index (χ2v) is 7.49. The van der Waals surface area contributed by atoms with E-state index in [1.807, 2.05) is 0 Å². The van der Waals surface area contributed by atoms with Gasteiger partial charge in [-0.15, -0.1) is 0 Å². The topological polar surface area (TPSA) is 97.4 Å². The molecule has 0 atom stereocenters. The van der Waals surface area contributed by atoms with Gasteiger partial charge in [-0.05, 0) is 24.3 Å². The van der Waals surface area contributed by atoms with E-state index >= 15 is 0 Å². The zero-order valence-electron chi connectivity index (χ0n) is 14.0. The number of amidine groups is 1. The minimum Gasteiger partial charge on any atom is -0.397 e. The van der Waals surface area contributed by atoms with E-state index in [0.717, 1.165) is 6.26 Å². The summed E-state index contributed by atoms with van der Waals surface area (Å²) in [6.07, 6.45) is -3.34. The average molecular weight is 386 g/mol. The Morgan fingerprint density at radius 1 is 1.27 bits per heavy atom. The molecule has 0 aliphatic heterocycles. The maximum atomic E-state index is 12.4. The molecule has 0 spiro atoms. The highest BCUT2D eigenvalue weighted by Gasteiger charge is 2.28. The van der Waals surface area contributed by atoms with Gasteiger partial charge < -0.3 is 11.1 Å². The molecule has 10 heteroatoms. The third-order valence-electron chi connectivity index (χ3n) is 3.39. The van der Waals surface area contributed by atoms with E-state index in [1.54, 1.807) is 18.2 Å². The van der Waals surface area contributed by atoms with Crippen LogP contribution in [0, 0.1) is 0 Å². The van der Waals surface area contributed by atoms with Crippen molar-refractivity contribution < 1.29 is 21.6 Å². The Hall–Kier alpha value is -2.62. The van der Waals surface area contributed by atoms with Crippen LogP contribution in [0.3, 0.4) is 0 Å². The lowest BCUT2D eigenvalue weighted by Gasteiger charge is -2.14. The molecule has 0 amide bonds. The number of rotatable bonds is 4. The number of hydrogen-bond donors (Lipinski definition) is 2. The molecule has 0 fully saturated rings. The van der Waals surface area contributed by atoms with Crippen molar-refractivity contribution in [1.82, 2.24) is 10.3 Å². The number of nitrogen functional groups attached to an aromatic ring is 1. The maximum Gasteiger partial charge on any atom is 0.405 e. The van der Waals surface area contributed by atoms with Gasteiger partial charge in [-0.25, -0.2) is 13.4 Å². The molecule has 2 rings (SSSR count). The van der Waals surface area contributed by atoms with Crippen LogP contribution in [0.15, 0.2) is 46.3 Å². The zero-order chi connectivity index (χ0) is 19.5. The van der Waals surface area contributed by atoms with Crippen molar-refractivity contribution in [2.75, 3.05) is 25.6 Å². The van der Waals surface area contributed by atoms with Gasteiger partial charge in [-0.2, -0.15) is 13.2 Å². The van der Waals surface area contributed by atoms with Gasteiger partial charge in [0, 0.05) is 18.9 Å². The quantitative estimate of drug-likeness (QED) is 0.621. The first-order valence-corrected chi connectivity index (χ1v) is 9.25. The normalized spacial score (nSPS) is 12.9. The molecule has 0 radical (unpaired) electrons. The first-order valence-electron chi connectivity index (χ1n) is 7.36. The number of anilines is 1. The van der Waals surface area contributed by atoms with E-state index < -0.39 is 22.6 Å². The summed E-state index contributed by atoms with van der Waals surface area (Å²) < 4.78 is 60.7. The number of nitrogens with zero attached hydrogens (tertiary/aromatic N) is 2. The summed E-state index contributed by atoms with van der Waals surface area (Å²) >= 11 is 0. The average Bonchev–Trinajstić information content (AvgIpc) is 2.55. The standard InChI is InChI=1S/C16H17F3N4O2S/c1-21-15(22-9-16(17,18)19)14-12(20)6-7-13(23-14)10-4-3-5-11(8-10)26(2,24)25/h3-8H,9,20H2,1-2H3,(H,21,22). The van der Waals surface area contributed by atoms with Crippen LogP contribution in [-0.4, -0.2) is 45.3 Å². The van der Waals surface area contributed by atoms with Crippen LogP contribution in [0.25, 0.3) is 11.3 Å². The highest BCUT2D eigenvalue weighted by Crippen LogP contribution is 2.23. The lowest BCUT2D eigenvalue weighted by Crippen LogP contribution is -2.35. The van der Waals surface area contributed by atoms with Crippen LogP contribution in [0.2, 0.25) is 0 Å². The van der Waals surface area contributed by atoms with Crippen LogP contribution >= 0.6 is 0 Å². The molecule has 26 heavy (non-hydrogen) atoms. The third kappa shape index (κ3) is 4.94. The summed E-state index contributed by atoms with van der Waals surface area (Å²) in [7, 11) is -2.09. The molecular weight excluding hydrogens is 369 g/mol. The molecule has 0 unspecified atom stereocenters. The first-order chi connectivity index (χ1) is 12.0. The summed E-state index contributed by atoms with van der Waals surface area (Å²) in [4.78, 5) is 8.14. The van der Waals surface area contributed by atoms with E-state index in [-0.39, 0.29) is 22.1 Å². The van der Waals surface area contributed by atoms with Crippen LogP contribution in [0.4, 0.5) is 18.9 Å². The molecule has 140 valence electrons. The van der Waals surface area contributed by atoms with E-state index in [2.05, 4.69) is 15.3 Å². The van der Waals surface area contributed by atoms with Gasteiger partial charge in [0.05, 0.1) is 16.3 Å². The molecule has 1 aromatic carbocycles. The maximum absolute atomic E-state index is 12.4. The summed E-state index contributed by atoms with van der Waals surface area (Å²) in [5, 5.41) is 2.17. The van der Waals surface area contributed by atoms with Crippen LogP contribution in [0.5, 0.6) is 0 Å². The monoisotopic (exact) mass is 386 g/mol. The van der Waals surface area contributed by atoms with Crippen molar-refractivity contribution in [2.24, 2.45) is 4.99 Å². The van der Waals surface area contributed by atoms with Crippen LogP contribution in [-0.2, 0) is 9.84 Å². The number of hydrogen-bond acceptors (Lipinski definition) is 5. The fraction of sp³-hybridized carbons (Fsp3) is 0.250. The first kappa shape index (κ1) is 19.7. The predicted octanol–water partition coefficient (Wildman–Crippen LogP) is 2.26. The van der Waals surface area contributed by atoms with Gasteiger partial charge in [0.15, 0.2) is 9.84 Å². The SMILES string of the molecule is CN=C(NCC(F)(F)F)c1nc(-c2cccc(S(C)(=O)=O)c2)ccc1N. The fourth-order valence-corrected chi connectivity index (χ4v) is 2.83. The molecule has 3 N–H and O–H groups in total. The Balaban J connectivity index is 2.44. The lowest BCUT2D eigenvalue weighted by molar-refractivity contribution is -0.121. The van der Waals surface area contributed by atoms with Gasteiger partial charge in [0.2, 0.25) is 0 Å². The molecule has 0 aliphatic carbocycles. The number of nitrogens with two attached hydrogens (primary N) is 1. The lowest BCUT2D eigenvalue weighted by atomic mass is 10.1. The van der Waals surface area contributed by atoms with Gasteiger partial charge in [-0.3, -0.25) is 4.99 Å². The largest absolute Gasteiger partial charge is 0.405 e. The van der Waals surface area contributed by atoms with Crippen LogP contribution < -0.4 is 11.1 Å². The number of alkyl halides is 3. The Labute approximate surface area is 148 Å². The molecule has 6 nitrogen and oxygen atoms in total. The number of aliphatic imine (C=N–C) groups is 1. The number of aromatic nitrogens is 1. The number of benzene rings is 1. The smallest absolute Gasteiger partial charge is 0.397 e. The minimum atomic E-state index is -4.42. The van der Waals surface area contributed by atoms with Gasteiger partial charge in [0.1, 0.15) is 18.1 Å². The van der Waals surface area contributed by atoms with Crippen molar-refractivity contribution in [3.63, 3.8) is 0 Å². The van der Waals surface area contributed by atoms with E-state index in [1.165, 1.54) is 25.2 Å². The second kappa shape index (κ2) is 7.32. The number of pyridine rings is 1. The number of sulfone groups is 1. The summed E-state index contributed by atoms with van der Waals surface area (Å²) in [6.45, 7) is -1.28. The predicted molar refractivity (Wildman–Crippen MR) is 93.7 cm³/mol. The number of nitrogens with one attached hydrogen (secondary N) is 1. The molecule has 1 aromatic heterocycles. The minimum absolute atomic E-state index is 0.0546. The van der Waals surface area contributed by atoms with E-state index in [0.29, 0.717) is 11.3 Å². The molecule has 0 saturated carbocycles. The fourth-order valence-electron chi connectivity index (χ4n) is 2.16. The van der Waals surface area contributed by atoms with Crippen LogP contribution in [0.1, 0.15) is 5.69 Å². The summed E-state index contributed by atoms with van der Waals surface area (Å²) in [6, 6.07) is 9.11. The van der Waals surface area contributed by atoms with Crippen molar-refractivity contribution >= 4 is 21.4 Å². The molecule has 1 heterocycles. The Morgan fingerprint density at radius 3 is 2.54 bits per heavy atom. The molecule has 0 aliphatic rings. The highest BCUT2D eigenvalue weighted by atomic mass is 32.2. The molecule has 2 aromatic rings. The Bertz CT molecular complexity index is 941. The molecule has 0 saturated heterocycles. The highest BCUT2D eigenvalue weighted by molar-refractivity contribution is 7.90. The van der Waals surface area contributed by atoms with Crippen molar-refractivity contribution in [2.45, 2.75) is 11.1 Å². The summed E-state index contributed by atoms with van der Waals surface area (Å²) in [5.74, 6) is -0.110. The Kier molecular flexibility index (Phi) is 5.55. The van der Waals surface area contributed by atoms with E-state index in [9.17, 15) is 21.6 Å². The van der Waals surface area contributed by atoms with E-state index in [4.69, 9.17) is 5.73 Å².